The van der Waals surface area contributed by atoms with Crippen LogP contribution in [0, 0.1) is 6.92 Å². The van der Waals surface area contributed by atoms with Crippen molar-refractivity contribution in [3.8, 4) is 5.88 Å². The van der Waals surface area contributed by atoms with Gasteiger partial charge in [-0.15, -0.1) is 5.10 Å². The largest absolute Gasteiger partial charge is 0.471 e. The number of benzene rings is 1. The Kier molecular flexibility index (Phi) is 4.05. The van der Waals surface area contributed by atoms with Crippen molar-refractivity contribution in [2.75, 3.05) is 13.1 Å². The van der Waals surface area contributed by atoms with Crippen LogP contribution < -0.4 is 4.74 Å². The minimum atomic E-state index is -0.0643. The van der Waals surface area contributed by atoms with Crippen molar-refractivity contribution < 1.29 is 9.53 Å². The fraction of sp³-hybridized carbons (Fsp3) is 0.333. The number of aromatic amines is 1. The van der Waals surface area contributed by atoms with Crippen molar-refractivity contribution >= 4 is 16.9 Å². The van der Waals surface area contributed by atoms with E-state index in [2.05, 4.69) is 20.2 Å². The smallest absolute Gasteiger partial charge is 0.254 e. The second-order valence-corrected chi connectivity index (χ2v) is 6.28. The summed E-state index contributed by atoms with van der Waals surface area (Å²) < 4.78 is 5.90. The van der Waals surface area contributed by atoms with Gasteiger partial charge in [0.1, 0.15) is 6.10 Å². The lowest BCUT2D eigenvalue weighted by atomic mass is 10.1. The lowest BCUT2D eigenvalue weighted by Gasteiger charge is -2.32. The minimum Gasteiger partial charge on any atom is -0.471 e. The van der Waals surface area contributed by atoms with E-state index in [9.17, 15) is 4.79 Å². The second-order valence-electron chi connectivity index (χ2n) is 6.28. The van der Waals surface area contributed by atoms with E-state index in [-0.39, 0.29) is 12.0 Å². The van der Waals surface area contributed by atoms with Gasteiger partial charge in [-0.1, -0.05) is 0 Å². The number of hydrogen-bond acceptors (Lipinski definition) is 5. The Balaban J connectivity index is 1.46. The summed E-state index contributed by atoms with van der Waals surface area (Å²) in [5.74, 6) is 0.517. The highest BCUT2D eigenvalue weighted by Gasteiger charge is 2.26. The molecule has 1 atom stereocenters. The number of carbonyl (C=O) groups excluding carboxylic acids is 1. The molecule has 128 valence electrons. The lowest BCUT2D eigenvalue weighted by molar-refractivity contribution is 0.0525. The topological polar surface area (TPSA) is 84.0 Å². The summed E-state index contributed by atoms with van der Waals surface area (Å²) in [6, 6.07) is 9.21. The first-order valence-corrected chi connectivity index (χ1v) is 8.38. The third-order valence-electron chi connectivity index (χ3n) is 4.39. The maximum Gasteiger partial charge on any atom is 0.254 e. The Hall–Kier alpha value is -2.96. The number of fused-ring (bicyclic) bond motifs is 1. The maximum absolute atomic E-state index is 12.8. The molecule has 1 aliphatic heterocycles. The molecule has 3 aromatic rings. The first kappa shape index (κ1) is 15.6. The molecule has 1 fully saturated rings. The average molecular weight is 337 g/mol. The Morgan fingerprint density at radius 3 is 3.04 bits per heavy atom. The predicted octanol–water partition coefficient (Wildman–Crippen LogP) is 2.34. The number of piperidine rings is 1. The van der Waals surface area contributed by atoms with Crippen LogP contribution in [0.2, 0.25) is 0 Å². The quantitative estimate of drug-likeness (QED) is 0.793. The number of aryl methyl sites for hydroxylation is 1. The van der Waals surface area contributed by atoms with E-state index in [1.54, 1.807) is 6.33 Å². The van der Waals surface area contributed by atoms with Gasteiger partial charge >= 0.3 is 0 Å². The monoisotopic (exact) mass is 337 g/mol. The number of ether oxygens (including phenoxy) is 1. The fourth-order valence-electron chi connectivity index (χ4n) is 3.09. The third-order valence-corrected chi connectivity index (χ3v) is 4.39. The van der Waals surface area contributed by atoms with Gasteiger partial charge in [-0.25, -0.2) is 4.98 Å². The summed E-state index contributed by atoms with van der Waals surface area (Å²) in [5, 5.41) is 8.05. The number of nitrogens with zero attached hydrogens (tertiary/aromatic N) is 4. The van der Waals surface area contributed by atoms with Gasteiger partial charge in [0.15, 0.2) is 0 Å². The summed E-state index contributed by atoms with van der Waals surface area (Å²) >= 11 is 0. The van der Waals surface area contributed by atoms with Gasteiger partial charge in [-0.05, 0) is 44.0 Å². The number of aromatic nitrogens is 4. The van der Waals surface area contributed by atoms with E-state index in [0.717, 1.165) is 36.1 Å². The number of carbonyl (C=O) groups is 1. The molecular formula is C18H19N5O2. The molecule has 1 saturated heterocycles. The van der Waals surface area contributed by atoms with Crippen LogP contribution in [0.3, 0.4) is 0 Å². The molecule has 3 heterocycles. The number of H-pyrrole nitrogens is 1. The molecule has 1 N–H and O–H groups in total. The summed E-state index contributed by atoms with van der Waals surface area (Å²) in [7, 11) is 0. The number of likely N-dealkylation sites (tertiary alicyclic amines) is 1. The zero-order valence-electron chi connectivity index (χ0n) is 14.0. The maximum atomic E-state index is 12.8. The van der Waals surface area contributed by atoms with Crippen molar-refractivity contribution in [2.24, 2.45) is 0 Å². The van der Waals surface area contributed by atoms with E-state index in [4.69, 9.17) is 4.74 Å². The van der Waals surface area contributed by atoms with Gasteiger partial charge < -0.3 is 14.6 Å². The molecule has 0 aliphatic carbocycles. The van der Waals surface area contributed by atoms with Gasteiger partial charge in [0.2, 0.25) is 5.88 Å². The first-order valence-electron chi connectivity index (χ1n) is 8.38. The van der Waals surface area contributed by atoms with Crippen LogP contribution in [0.15, 0.2) is 36.7 Å². The van der Waals surface area contributed by atoms with Crippen molar-refractivity contribution in [1.29, 1.82) is 0 Å². The third kappa shape index (κ3) is 3.31. The van der Waals surface area contributed by atoms with E-state index in [1.807, 2.05) is 42.2 Å². The first-order chi connectivity index (χ1) is 12.2. The summed E-state index contributed by atoms with van der Waals surface area (Å²) in [6.45, 7) is 3.17. The van der Waals surface area contributed by atoms with Crippen LogP contribution >= 0.6 is 0 Å². The van der Waals surface area contributed by atoms with Crippen LogP contribution in [0.5, 0.6) is 5.88 Å². The van der Waals surface area contributed by atoms with Gasteiger partial charge in [0.05, 0.1) is 29.6 Å². The second kappa shape index (κ2) is 6.51. The predicted molar refractivity (Wildman–Crippen MR) is 92.4 cm³/mol. The lowest BCUT2D eigenvalue weighted by Crippen LogP contribution is -2.44. The Morgan fingerprint density at radius 1 is 1.28 bits per heavy atom. The molecular weight excluding hydrogens is 318 g/mol. The van der Waals surface area contributed by atoms with Crippen molar-refractivity contribution in [2.45, 2.75) is 25.9 Å². The van der Waals surface area contributed by atoms with Gasteiger partial charge in [-0.2, -0.15) is 5.10 Å². The standard InChI is InChI=1S/C18H19N5O2/c1-12-4-7-17(22-21-12)25-14-3-2-8-23(10-14)18(24)13-5-6-15-16(9-13)20-11-19-15/h4-7,9,11,14H,2-3,8,10H2,1H3,(H,19,20)/t14-/m1/s1. The highest BCUT2D eigenvalue weighted by molar-refractivity contribution is 5.97. The summed E-state index contributed by atoms with van der Waals surface area (Å²) in [4.78, 5) is 21.9. The van der Waals surface area contributed by atoms with Gasteiger partial charge in [0.25, 0.3) is 5.91 Å². The SMILES string of the molecule is Cc1ccc(O[C@@H]2CCCN(C(=O)c3ccc4nc[nH]c4c3)C2)nn1. The number of hydrogen-bond donors (Lipinski definition) is 1. The highest BCUT2D eigenvalue weighted by atomic mass is 16.5. The Labute approximate surface area is 145 Å². The molecule has 2 aromatic heterocycles. The number of imidazole rings is 1. The van der Waals surface area contributed by atoms with Gasteiger partial charge in [-0.3, -0.25) is 4.79 Å². The molecule has 1 aliphatic rings. The number of nitrogens with one attached hydrogen (secondary N) is 1. The summed E-state index contributed by atoms with van der Waals surface area (Å²) in [5.41, 5.74) is 3.23. The van der Waals surface area contributed by atoms with E-state index in [0.29, 0.717) is 18.0 Å². The van der Waals surface area contributed by atoms with Crippen LogP contribution in [0.1, 0.15) is 28.9 Å². The van der Waals surface area contributed by atoms with E-state index in [1.165, 1.54) is 0 Å². The number of amides is 1. The molecule has 0 bridgehead atoms. The van der Waals surface area contributed by atoms with Crippen LogP contribution in [-0.2, 0) is 0 Å². The number of rotatable bonds is 3. The molecule has 1 aromatic carbocycles. The van der Waals surface area contributed by atoms with Crippen molar-refractivity contribution in [3.05, 3.63) is 47.9 Å². The molecule has 4 rings (SSSR count). The van der Waals surface area contributed by atoms with E-state index >= 15 is 0 Å². The molecule has 1 amide bonds. The molecule has 0 spiro atoms. The molecule has 25 heavy (non-hydrogen) atoms. The minimum absolute atomic E-state index is 0.0137. The molecule has 7 heteroatoms. The van der Waals surface area contributed by atoms with Crippen LogP contribution in [0.25, 0.3) is 11.0 Å². The average Bonchev–Trinajstić information content (AvgIpc) is 3.11. The fourth-order valence-corrected chi connectivity index (χ4v) is 3.09. The van der Waals surface area contributed by atoms with Crippen molar-refractivity contribution in [3.63, 3.8) is 0 Å². The molecule has 0 radical (unpaired) electrons. The highest BCUT2D eigenvalue weighted by Crippen LogP contribution is 2.19. The molecule has 0 unspecified atom stereocenters. The Morgan fingerprint density at radius 2 is 2.20 bits per heavy atom. The van der Waals surface area contributed by atoms with Crippen LogP contribution in [-0.4, -0.2) is 50.2 Å². The van der Waals surface area contributed by atoms with Gasteiger partial charge in [0, 0.05) is 18.2 Å². The zero-order valence-corrected chi connectivity index (χ0v) is 14.0. The van der Waals surface area contributed by atoms with E-state index < -0.39 is 0 Å². The van der Waals surface area contributed by atoms with Crippen LogP contribution in [0.4, 0.5) is 0 Å². The molecule has 7 nitrogen and oxygen atoms in total. The Bertz CT molecular complexity index is 890. The molecule has 0 saturated carbocycles. The summed E-state index contributed by atoms with van der Waals surface area (Å²) in [6.07, 6.45) is 3.37. The van der Waals surface area contributed by atoms with Crippen molar-refractivity contribution in [1.82, 2.24) is 25.1 Å². The normalized spacial score (nSPS) is 17.6. The zero-order chi connectivity index (χ0) is 17.2.